The zero-order valence-electron chi connectivity index (χ0n) is 13.2. The fourth-order valence-corrected chi connectivity index (χ4v) is 1.94. The normalized spacial score (nSPS) is 25.3. The number of ether oxygens (including phenoxy) is 1. The fourth-order valence-electron chi connectivity index (χ4n) is 1.94. The van der Waals surface area contributed by atoms with E-state index in [1.54, 1.807) is 6.92 Å². The standard InChI is InChI=1S/C14H26N2O4/c1-9(2)20-8-10(17)7-16-11(18)14(6,13(3,4)5)15-12(16)19/h9-10,17H,7-8H2,1-6H3,(H,15,19). The molecule has 2 unspecified atom stereocenters. The minimum atomic E-state index is -0.956. The topological polar surface area (TPSA) is 78.9 Å². The minimum Gasteiger partial charge on any atom is -0.389 e. The van der Waals surface area contributed by atoms with Crippen LogP contribution >= 0.6 is 0 Å². The molecule has 6 heteroatoms. The van der Waals surface area contributed by atoms with Gasteiger partial charge in [0.25, 0.3) is 5.91 Å². The van der Waals surface area contributed by atoms with Crippen LogP contribution in [-0.4, -0.2) is 52.8 Å². The van der Waals surface area contributed by atoms with Crippen molar-refractivity contribution in [3.63, 3.8) is 0 Å². The van der Waals surface area contributed by atoms with Crippen molar-refractivity contribution >= 4 is 11.9 Å². The lowest BCUT2D eigenvalue weighted by atomic mass is 9.75. The number of β-amino-alcohol motifs (C(OH)–C–C–N with tert-alkyl or cyclic N) is 1. The molecular formula is C14H26N2O4. The van der Waals surface area contributed by atoms with Crippen LogP contribution in [0.1, 0.15) is 41.5 Å². The molecule has 1 aliphatic heterocycles. The molecule has 116 valence electrons. The van der Waals surface area contributed by atoms with E-state index in [1.165, 1.54) is 0 Å². The number of rotatable bonds is 5. The Morgan fingerprint density at radius 1 is 1.35 bits per heavy atom. The highest BCUT2D eigenvalue weighted by atomic mass is 16.5. The second-order valence-electron chi connectivity index (χ2n) is 6.76. The number of carbonyl (C=O) groups is 2. The van der Waals surface area contributed by atoms with Gasteiger partial charge in [-0.15, -0.1) is 0 Å². The van der Waals surface area contributed by atoms with E-state index in [9.17, 15) is 14.7 Å². The first-order valence-electron chi connectivity index (χ1n) is 6.93. The number of aliphatic hydroxyl groups is 1. The number of urea groups is 1. The molecule has 3 amide bonds. The monoisotopic (exact) mass is 286 g/mol. The summed E-state index contributed by atoms with van der Waals surface area (Å²) in [6.07, 6.45) is -0.887. The molecule has 1 rings (SSSR count). The second kappa shape index (κ2) is 5.69. The van der Waals surface area contributed by atoms with E-state index in [4.69, 9.17) is 4.74 Å². The van der Waals surface area contributed by atoms with Gasteiger partial charge in [0, 0.05) is 0 Å². The average Bonchev–Trinajstić information content (AvgIpc) is 2.50. The number of aliphatic hydroxyl groups excluding tert-OH is 1. The summed E-state index contributed by atoms with van der Waals surface area (Å²) in [5, 5.41) is 12.6. The number of carbonyl (C=O) groups excluding carboxylic acids is 2. The van der Waals surface area contributed by atoms with Crippen molar-refractivity contribution in [1.29, 1.82) is 0 Å². The van der Waals surface area contributed by atoms with Crippen molar-refractivity contribution in [3.8, 4) is 0 Å². The largest absolute Gasteiger partial charge is 0.389 e. The van der Waals surface area contributed by atoms with Crippen LogP contribution in [-0.2, 0) is 9.53 Å². The van der Waals surface area contributed by atoms with Crippen molar-refractivity contribution in [2.75, 3.05) is 13.2 Å². The molecule has 2 atom stereocenters. The molecule has 1 fully saturated rings. The van der Waals surface area contributed by atoms with Gasteiger partial charge in [-0.05, 0) is 26.2 Å². The van der Waals surface area contributed by atoms with Crippen molar-refractivity contribution in [2.45, 2.75) is 59.3 Å². The molecule has 0 aromatic carbocycles. The van der Waals surface area contributed by atoms with Crippen LogP contribution in [0.3, 0.4) is 0 Å². The van der Waals surface area contributed by atoms with E-state index < -0.39 is 23.1 Å². The third-order valence-corrected chi connectivity index (χ3v) is 3.79. The van der Waals surface area contributed by atoms with Crippen LogP contribution < -0.4 is 5.32 Å². The molecule has 20 heavy (non-hydrogen) atoms. The Morgan fingerprint density at radius 2 is 1.90 bits per heavy atom. The number of hydrogen-bond donors (Lipinski definition) is 2. The third kappa shape index (κ3) is 3.30. The van der Waals surface area contributed by atoms with Gasteiger partial charge in [0.15, 0.2) is 0 Å². The van der Waals surface area contributed by atoms with E-state index in [2.05, 4.69) is 5.32 Å². The van der Waals surface area contributed by atoms with Crippen LogP contribution in [0.25, 0.3) is 0 Å². The predicted octanol–water partition coefficient (Wildman–Crippen LogP) is 1.13. The Morgan fingerprint density at radius 3 is 2.30 bits per heavy atom. The Labute approximate surface area is 120 Å². The Bertz CT molecular complexity index is 389. The quantitative estimate of drug-likeness (QED) is 0.743. The maximum Gasteiger partial charge on any atom is 0.325 e. The highest BCUT2D eigenvalue weighted by molar-refractivity contribution is 6.07. The fraction of sp³-hybridized carbons (Fsp3) is 0.857. The van der Waals surface area contributed by atoms with Crippen LogP contribution in [0.5, 0.6) is 0 Å². The molecule has 0 aromatic heterocycles. The predicted molar refractivity (Wildman–Crippen MR) is 75.2 cm³/mol. The Hall–Kier alpha value is -1.14. The minimum absolute atomic E-state index is 0.00685. The van der Waals surface area contributed by atoms with E-state index in [0.29, 0.717) is 0 Å². The van der Waals surface area contributed by atoms with Crippen LogP contribution in [0.4, 0.5) is 4.79 Å². The molecular weight excluding hydrogens is 260 g/mol. The molecule has 0 aliphatic carbocycles. The number of nitrogens with one attached hydrogen (secondary N) is 1. The van der Waals surface area contributed by atoms with Crippen LogP contribution in [0.15, 0.2) is 0 Å². The molecule has 0 spiro atoms. The summed E-state index contributed by atoms with van der Waals surface area (Å²) < 4.78 is 5.28. The van der Waals surface area contributed by atoms with Crippen LogP contribution in [0.2, 0.25) is 0 Å². The maximum atomic E-state index is 12.4. The van der Waals surface area contributed by atoms with Gasteiger partial charge in [0.05, 0.1) is 25.4 Å². The summed E-state index contributed by atoms with van der Waals surface area (Å²) in [5.41, 5.74) is -1.36. The lowest BCUT2D eigenvalue weighted by Crippen LogP contribution is -2.54. The molecule has 0 bridgehead atoms. The van der Waals surface area contributed by atoms with Crippen molar-refractivity contribution < 1.29 is 19.4 Å². The molecule has 1 aliphatic rings. The summed E-state index contributed by atoms with van der Waals surface area (Å²) in [7, 11) is 0. The summed E-state index contributed by atoms with van der Waals surface area (Å²) >= 11 is 0. The summed E-state index contributed by atoms with van der Waals surface area (Å²) in [6, 6.07) is -0.462. The van der Waals surface area contributed by atoms with Crippen molar-refractivity contribution in [2.24, 2.45) is 5.41 Å². The van der Waals surface area contributed by atoms with Gasteiger partial charge in [-0.25, -0.2) is 4.79 Å². The maximum absolute atomic E-state index is 12.4. The van der Waals surface area contributed by atoms with E-state index in [-0.39, 0.29) is 25.2 Å². The zero-order valence-corrected chi connectivity index (χ0v) is 13.2. The summed E-state index contributed by atoms with van der Waals surface area (Å²) in [4.78, 5) is 25.5. The number of imide groups is 1. The smallest absolute Gasteiger partial charge is 0.325 e. The number of amides is 3. The zero-order chi connectivity index (χ0) is 15.7. The first kappa shape index (κ1) is 16.9. The number of hydrogen-bond acceptors (Lipinski definition) is 4. The van der Waals surface area contributed by atoms with Crippen LogP contribution in [0, 0.1) is 5.41 Å². The molecule has 2 N–H and O–H groups in total. The molecule has 0 saturated carbocycles. The molecule has 1 saturated heterocycles. The Balaban J connectivity index is 2.73. The highest BCUT2D eigenvalue weighted by Gasteiger charge is 2.54. The Kier molecular flexibility index (Phi) is 4.82. The van der Waals surface area contributed by atoms with Crippen molar-refractivity contribution in [1.82, 2.24) is 10.2 Å². The first-order chi connectivity index (χ1) is 8.99. The number of nitrogens with zero attached hydrogens (tertiary/aromatic N) is 1. The van der Waals surface area contributed by atoms with Gasteiger partial charge in [0.2, 0.25) is 0 Å². The average molecular weight is 286 g/mol. The van der Waals surface area contributed by atoms with Gasteiger partial charge in [0.1, 0.15) is 5.54 Å². The molecule has 6 nitrogen and oxygen atoms in total. The van der Waals surface area contributed by atoms with Gasteiger partial charge < -0.3 is 15.2 Å². The highest BCUT2D eigenvalue weighted by Crippen LogP contribution is 2.35. The van der Waals surface area contributed by atoms with E-state index in [0.717, 1.165) is 4.90 Å². The van der Waals surface area contributed by atoms with Gasteiger partial charge in [-0.2, -0.15) is 0 Å². The SMILES string of the molecule is CC(C)OCC(O)CN1C(=O)NC(C)(C(C)(C)C)C1=O. The lowest BCUT2D eigenvalue weighted by molar-refractivity contribution is -0.135. The van der Waals surface area contributed by atoms with Gasteiger partial charge in [-0.3, -0.25) is 9.69 Å². The van der Waals surface area contributed by atoms with Gasteiger partial charge >= 0.3 is 6.03 Å². The lowest BCUT2D eigenvalue weighted by Gasteiger charge is -2.35. The second-order valence-corrected chi connectivity index (χ2v) is 6.76. The van der Waals surface area contributed by atoms with Crippen molar-refractivity contribution in [3.05, 3.63) is 0 Å². The molecule has 0 aromatic rings. The molecule has 1 heterocycles. The molecule has 0 radical (unpaired) electrons. The third-order valence-electron chi connectivity index (χ3n) is 3.79. The first-order valence-corrected chi connectivity index (χ1v) is 6.93. The van der Waals surface area contributed by atoms with E-state index >= 15 is 0 Å². The van der Waals surface area contributed by atoms with Gasteiger partial charge in [-0.1, -0.05) is 20.8 Å². The van der Waals surface area contributed by atoms with E-state index in [1.807, 2.05) is 34.6 Å². The summed E-state index contributed by atoms with van der Waals surface area (Å²) in [6.45, 7) is 11.2. The summed E-state index contributed by atoms with van der Waals surface area (Å²) in [5.74, 6) is -0.307.